The second-order valence-electron chi connectivity index (χ2n) is 4.50. The molecule has 0 aliphatic carbocycles. The van der Waals surface area contributed by atoms with Crippen molar-refractivity contribution in [2.75, 3.05) is 0 Å². The van der Waals surface area contributed by atoms with E-state index in [4.69, 9.17) is 27.9 Å². The van der Waals surface area contributed by atoms with Crippen molar-refractivity contribution in [2.45, 2.75) is 13.0 Å². The fraction of sp³-hybridized carbons (Fsp3) is 0.125. The molecule has 6 heteroatoms. The molecule has 22 heavy (non-hydrogen) atoms. The quantitative estimate of drug-likeness (QED) is 0.664. The number of rotatable bonds is 5. The summed E-state index contributed by atoms with van der Waals surface area (Å²) in [5.74, 6) is 0.217. The Hall–Kier alpha value is -2.04. The number of hydrogen-bond donors (Lipinski definition) is 1. The Labute approximate surface area is 138 Å². The minimum atomic E-state index is -0.677. The maximum atomic E-state index is 11.9. The van der Waals surface area contributed by atoms with Gasteiger partial charge in [-0.25, -0.2) is 5.43 Å². The second-order valence-corrected chi connectivity index (χ2v) is 5.37. The molecule has 2 aromatic carbocycles. The molecule has 1 atom stereocenters. The van der Waals surface area contributed by atoms with Crippen molar-refractivity contribution in [1.29, 1.82) is 0 Å². The van der Waals surface area contributed by atoms with Crippen LogP contribution in [-0.2, 0) is 4.79 Å². The van der Waals surface area contributed by atoms with E-state index in [1.165, 1.54) is 6.21 Å². The minimum absolute atomic E-state index is 0.347. The summed E-state index contributed by atoms with van der Waals surface area (Å²) in [6.07, 6.45) is 0.854. The second kappa shape index (κ2) is 7.82. The number of hydrazone groups is 1. The molecule has 2 aromatic rings. The maximum Gasteiger partial charge on any atom is 0.280 e. The first kappa shape index (κ1) is 16.3. The van der Waals surface area contributed by atoms with Crippen LogP contribution in [0, 0.1) is 0 Å². The van der Waals surface area contributed by atoms with Crippen LogP contribution in [0.5, 0.6) is 5.75 Å². The molecular formula is C16H14Cl2N2O2. The van der Waals surface area contributed by atoms with Gasteiger partial charge in [0.05, 0.1) is 6.21 Å². The Morgan fingerprint density at radius 1 is 1.09 bits per heavy atom. The van der Waals surface area contributed by atoms with Gasteiger partial charge in [0, 0.05) is 10.0 Å². The van der Waals surface area contributed by atoms with Gasteiger partial charge in [-0.05, 0) is 48.9 Å². The standard InChI is InChI=1S/C16H14Cl2N2O2/c1-11(22-15-8-6-14(18)7-9-15)16(21)20-19-10-12-2-4-13(17)5-3-12/h2-11H,1H3,(H,20,21)/t11-/m0/s1. The number of ether oxygens (including phenoxy) is 1. The van der Waals surface area contributed by atoms with Crippen molar-refractivity contribution >= 4 is 35.3 Å². The summed E-state index contributed by atoms with van der Waals surface area (Å²) in [5, 5.41) is 5.13. The predicted octanol–water partition coefficient (Wildman–Crippen LogP) is 3.91. The summed E-state index contributed by atoms with van der Waals surface area (Å²) < 4.78 is 5.49. The van der Waals surface area contributed by atoms with Gasteiger partial charge in [0.15, 0.2) is 6.10 Å². The SMILES string of the molecule is C[C@H](Oc1ccc(Cl)cc1)C(=O)NN=Cc1ccc(Cl)cc1. The summed E-state index contributed by atoms with van der Waals surface area (Å²) in [6, 6.07) is 13.9. The Bertz CT molecular complexity index is 655. The highest BCUT2D eigenvalue weighted by molar-refractivity contribution is 6.30. The van der Waals surface area contributed by atoms with Crippen molar-refractivity contribution < 1.29 is 9.53 Å². The first-order valence-corrected chi connectivity index (χ1v) is 7.31. The van der Waals surface area contributed by atoms with E-state index in [0.717, 1.165) is 5.56 Å². The van der Waals surface area contributed by atoms with Crippen LogP contribution in [0.25, 0.3) is 0 Å². The van der Waals surface area contributed by atoms with Crippen LogP contribution in [0.2, 0.25) is 10.0 Å². The lowest BCUT2D eigenvalue weighted by Gasteiger charge is -2.12. The molecule has 0 aliphatic heterocycles. The third kappa shape index (κ3) is 5.06. The molecule has 4 nitrogen and oxygen atoms in total. The van der Waals surface area contributed by atoms with E-state index in [9.17, 15) is 4.79 Å². The number of benzene rings is 2. The summed E-state index contributed by atoms with van der Waals surface area (Å²) in [5.41, 5.74) is 3.25. The Kier molecular flexibility index (Phi) is 5.81. The zero-order valence-electron chi connectivity index (χ0n) is 11.8. The van der Waals surface area contributed by atoms with Gasteiger partial charge in [0.1, 0.15) is 5.75 Å². The first-order chi connectivity index (χ1) is 10.5. The number of halogens is 2. The highest BCUT2D eigenvalue weighted by Crippen LogP contribution is 2.16. The Balaban J connectivity index is 1.85. The molecule has 0 spiro atoms. The topological polar surface area (TPSA) is 50.7 Å². The monoisotopic (exact) mass is 336 g/mol. The molecule has 1 N–H and O–H groups in total. The van der Waals surface area contributed by atoms with Gasteiger partial charge in [-0.1, -0.05) is 35.3 Å². The molecule has 0 bridgehead atoms. The average Bonchev–Trinajstić information content (AvgIpc) is 2.51. The van der Waals surface area contributed by atoms with Gasteiger partial charge in [0.25, 0.3) is 5.91 Å². The van der Waals surface area contributed by atoms with E-state index >= 15 is 0 Å². The lowest BCUT2D eigenvalue weighted by molar-refractivity contribution is -0.127. The highest BCUT2D eigenvalue weighted by atomic mass is 35.5. The fourth-order valence-corrected chi connectivity index (χ4v) is 1.83. The summed E-state index contributed by atoms with van der Waals surface area (Å²) in [7, 11) is 0. The molecule has 2 rings (SSSR count). The molecule has 0 saturated heterocycles. The van der Waals surface area contributed by atoms with Gasteiger partial charge < -0.3 is 4.74 Å². The van der Waals surface area contributed by atoms with Crippen LogP contribution in [0.3, 0.4) is 0 Å². The first-order valence-electron chi connectivity index (χ1n) is 6.55. The summed E-state index contributed by atoms with van der Waals surface area (Å²) in [4.78, 5) is 11.9. The molecule has 0 fully saturated rings. The molecule has 0 unspecified atom stereocenters. The van der Waals surface area contributed by atoms with Gasteiger partial charge in [-0.3, -0.25) is 4.79 Å². The van der Waals surface area contributed by atoms with E-state index < -0.39 is 6.10 Å². The number of hydrogen-bond acceptors (Lipinski definition) is 3. The van der Waals surface area contributed by atoms with Crippen molar-refractivity contribution in [3.05, 3.63) is 64.1 Å². The Morgan fingerprint density at radius 2 is 1.64 bits per heavy atom. The average molecular weight is 337 g/mol. The van der Waals surface area contributed by atoms with Crippen LogP contribution in [-0.4, -0.2) is 18.2 Å². The zero-order valence-corrected chi connectivity index (χ0v) is 13.3. The molecule has 1 amide bonds. The largest absolute Gasteiger partial charge is 0.481 e. The smallest absolute Gasteiger partial charge is 0.280 e. The van der Waals surface area contributed by atoms with E-state index in [2.05, 4.69) is 10.5 Å². The van der Waals surface area contributed by atoms with Gasteiger partial charge in [-0.15, -0.1) is 0 Å². The third-order valence-electron chi connectivity index (χ3n) is 2.75. The summed E-state index contributed by atoms with van der Waals surface area (Å²) >= 11 is 11.6. The lowest BCUT2D eigenvalue weighted by Crippen LogP contribution is -2.33. The van der Waals surface area contributed by atoms with Gasteiger partial charge in [-0.2, -0.15) is 5.10 Å². The third-order valence-corrected chi connectivity index (χ3v) is 3.26. The zero-order chi connectivity index (χ0) is 15.9. The Morgan fingerprint density at radius 3 is 2.23 bits per heavy atom. The van der Waals surface area contributed by atoms with Crippen LogP contribution in [0.4, 0.5) is 0 Å². The number of nitrogens with one attached hydrogen (secondary N) is 1. The number of amides is 1. The lowest BCUT2D eigenvalue weighted by atomic mass is 10.2. The number of carbonyl (C=O) groups excluding carboxylic acids is 1. The molecule has 0 aliphatic rings. The van der Waals surface area contributed by atoms with E-state index in [0.29, 0.717) is 15.8 Å². The van der Waals surface area contributed by atoms with Crippen LogP contribution < -0.4 is 10.2 Å². The fourth-order valence-electron chi connectivity index (χ4n) is 1.58. The summed E-state index contributed by atoms with van der Waals surface area (Å²) in [6.45, 7) is 1.64. The van der Waals surface area contributed by atoms with E-state index in [1.807, 2.05) is 0 Å². The minimum Gasteiger partial charge on any atom is -0.481 e. The molecule has 0 radical (unpaired) electrons. The molecule has 0 heterocycles. The van der Waals surface area contributed by atoms with Crippen molar-refractivity contribution in [2.24, 2.45) is 5.10 Å². The van der Waals surface area contributed by atoms with Crippen LogP contribution in [0.1, 0.15) is 12.5 Å². The molecular weight excluding hydrogens is 323 g/mol. The van der Waals surface area contributed by atoms with E-state index in [-0.39, 0.29) is 5.91 Å². The maximum absolute atomic E-state index is 11.9. The number of carbonyl (C=O) groups is 1. The molecule has 0 saturated carbocycles. The van der Waals surface area contributed by atoms with Gasteiger partial charge in [0.2, 0.25) is 0 Å². The van der Waals surface area contributed by atoms with Crippen LogP contribution >= 0.6 is 23.2 Å². The van der Waals surface area contributed by atoms with Gasteiger partial charge >= 0.3 is 0 Å². The van der Waals surface area contributed by atoms with Crippen LogP contribution in [0.15, 0.2) is 53.6 Å². The molecule has 114 valence electrons. The predicted molar refractivity (Wildman–Crippen MR) is 88.7 cm³/mol. The highest BCUT2D eigenvalue weighted by Gasteiger charge is 2.13. The normalized spacial score (nSPS) is 12.1. The van der Waals surface area contributed by atoms with Crippen molar-refractivity contribution in [1.82, 2.24) is 5.43 Å². The van der Waals surface area contributed by atoms with Crippen molar-refractivity contribution in [3.8, 4) is 5.75 Å². The van der Waals surface area contributed by atoms with E-state index in [1.54, 1.807) is 55.5 Å². The number of nitrogens with zero attached hydrogens (tertiary/aromatic N) is 1. The molecule has 0 aromatic heterocycles. The van der Waals surface area contributed by atoms with Crippen molar-refractivity contribution in [3.63, 3.8) is 0 Å².